The van der Waals surface area contributed by atoms with Gasteiger partial charge in [0.2, 0.25) is 0 Å². The fraction of sp³-hybridized carbons (Fsp3) is 0.717. The zero-order valence-corrected chi connectivity index (χ0v) is 43.2. The van der Waals surface area contributed by atoms with E-state index in [9.17, 15) is 14.4 Å². The molecule has 0 bridgehead atoms. The third kappa shape index (κ3) is 51.6. The maximum absolute atomic E-state index is 12.7. The second kappa shape index (κ2) is 54.2. The second-order valence-corrected chi connectivity index (χ2v) is 18.1. The summed E-state index contributed by atoms with van der Waals surface area (Å²) in [5.74, 6) is -0.897. The summed E-state index contributed by atoms with van der Waals surface area (Å²) in [6.07, 6.45) is 70.2. The monoisotopic (exact) mass is 919 g/mol. The van der Waals surface area contributed by atoms with Crippen LogP contribution in [0, 0.1) is 0 Å². The first-order valence-electron chi connectivity index (χ1n) is 27.6. The Balaban J connectivity index is 4.12. The van der Waals surface area contributed by atoms with Crippen molar-refractivity contribution in [2.24, 2.45) is 0 Å². The van der Waals surface area contributed by atoms with E-state index in [0.29, 0.717) is 19.3 Å². The molecule has 0 aliphatic heterocycles. The van der Waals surface area contributed by atoms with Gasteiger partial charge < -0.3 is 14.2 Å². The molecule has 0 aromatic heterocycles. The van der Waals surface area contributed by atoms with Gasteiger partial charge in [-0.05, 0) is 89.9 Å². The van der Waals surface area contributed by atoms with Crippen LogP contribution in [0.4, 0.5) is 0 Å². The predicted octanol–water partition coefficient (Wildman–Crippen LogP) is 18.4. The number of carbonyl (C=O) groups excluding carboxylic acids is 3. The lowest BCUT2D eigenvalue weighted by Crippen LogP contribution is -2.30. The molecule has 0 N–H and O–H groups in total. The van der Waals surface area contributed by atoms with Gasteiger partial charge in [-0.1, -0.05) is 234 Å². The summed E-state index contributed by atoms with van der Waals surface area (Å²) in [6.45, 7) is 6.44. The minimum absolute atomic E-state index is 0.0792. The third-order valence-corrected chi connectivity index (χ3v) is 11.6. The van der Waals surface area contributed by atoms with Crippen molar-refractivity contribution in [3.05, 3.63) is 85.1 Å². The zero-order valence-electron chi connectivity index (χ0n) is 43.2. The summed E-state index contributed by atoms with van der Waals surface area (Å²) < 4.78 is 16.7. The molecular weight excluding hydrogens is 817 g/mol. The number of hydrogen-bond acceptors (Lipinski definition) is 6. The molecule has 0 aromatic carbocycles. The first-order valence-corrected chi connectivity index (χ1v) is 27.6. The zero-order chi connectivity index (χ0) is 47.9. The Morgan fingerprint density at radius 2 is 0.606 bits per heavy atom. The Morgan fingerprint density at radius 1 is 0.318 bits per heavy atom. The van der Waals surface area contributed by atoms with E-state index in [2.05, 4.69) is 106 Å². The van der Waals surface area contributed by atoms with Crippen LogP contribution in [0.5, 0.6) is 0 Å². The fourth-order valence-electron chi connectivity index (χ4n) is 7.49. The van der Waals surface area contributed by atoms with E-state index in [0.717, 1.165) is 109 Å². The van der Waals surface area contributed by atoms with Crippen molar-refractivity contribution in [3.63, 3.8) is 0 Å². The molecule has 66 heavy (non-hydrogen) atoms. The number of rotatable bonds is 49. The van der Waals surface area contributed by atoms with Gasteiger partial charge in [-0.2, -0.15) is 0 Å². The first kappa shape index (κ1) is 62.6. The largest absolute Gasteiger partial charge is 0.462 e. The molecule has 0 saturated heterocycles. The third-order valence-electron chi connectivity index (χ3n) is 11.6. The van der Waals surface area contributed by atoms with E-state index >= 15 is 0 Å². The van der Waals surface area contributed by atoms with Crippen LogP contribution in [-0.2, 0) is 28.6 Å². The summed E-state index contributed by atoms with van der Waals surface area (Å²) in [6, 6.07) is 0. The standard InChI is InChI=1S/C60H102O6/c1-4-7-10-13-16-19-21-22-23-24-25-26-27-28-29-30-31-32-33-34-35-36-37-38-40-41-44-47-50-53-59(62)65-56-57(55-64-58(61)52-49-46-43-18-15-12-9-6-3)66-60(63)54-51-48-45-42-39-20-17-14-11-8-5-2/h7,10,14,16-17,19,22-23,25-26,28-29,31-32,57H,4-6,8-9,11-13,15,18,20-21,24,27,30,33-56H2,1-3H3/b10-7-,17-14-,19-16-,23-22-,26-25-,29-28-,32-31-. The van der Waals surface area contributed by atoms with Crippen molar-refractivity contribution in [2.45, 2.75) is 264 Å². The van der Waals surface area contributed by atoms with Crippen molar-refractivity contribution in [3.8, 4) is 0 Å². The van der Waals surface area contributed by atoms with Gasteiger partial charge in [0.15, 0.2) is 6.10 Å². The van der Waals surface area contributed by atoms with Crippen molar-refractivity contribution in [1.29, 1.82) is 0 Å². The molecule has 0 saturated carbocycles. The first-order chi connectivity index (χ1) is 32.5. The Kier molecular flexibility index (Phi) is 51.4. The molecule has 6 nitrogen and oxygen atoms in total. The van der Waals surface area contributed by atoms with E-state index in [1.807, 2.05) is 0 Å². The van der Waals surface area contributed by atoms with Gasteiger partial charge in [0.25, 0.3) is 0 Å². The smallest absolute Gasteiger partial charge is 0.306 e. The van der Waals surface area contributed by atoms with Gasteiger partial charge in [-0.3, -0.25) is 14.4 Å². The minimum atomic E-state index is -0.778. The van der Waals surface area contributed by atoms with Crippen LogP contribution < -0.4 is 0 Å². The summed E-state index contributed by atoms with van der Waals surface area (Å²) >= 11 is 0. The van der Waals surface area contributed by atoms with E-state index < -0.39 is 6.10 Å². The van der Waals surface area contributed by atoms with Crippen LogP contribution >= 0.6 is 0 Å². The second-order valence-electron chi connectivity index (χ2n) is 18.1. The number of hydrogen-bond donors (Lipinski definition) is 0. The van der Waals surface area contributed by atoms with E-state index in [1.165, 1.54) is 109 Å². The lowest BCUT2D eigenvalue weighted by Gasteiger charge is -2.18. The lowest BCUT2D eigenvalue weighted by molar-refractivity contribution is -0.167. The average Bonchev–Trinajstić information content (AvgIpc) is 3.31. The molecule has 1 atom stereocenters. The van der Waals surface area contributed by atoms with Crippen molar-refractivity contribution >= 4 is 17.9 Å². The Hall–Kier alpha value is -3.41. The van der Waals surface area contributed by atoms with Gasteiger partial charge in [0.1, 0.15) is 13.2 Å². The van der Waals surface area contributed by atoms with Crippen molar-refractivity contribution in [2.75, 3.05) is 13.2 Å². The molecule has 0 aromatic rings. The molecule has 0 fully saturated rings. The minimum Gasteiger partial charge on any atom is -0.462 e. The lowest BCUT2D eigenvalue weighted by atomic mass is 10.1. The van der Waals surface area contributed by atoms with Crippen LogP contribution in [0.15, 0.2) is 85.1 Å². The van der Waals surface area contributed by atoms with Crippen molar-refractivity contribution < 1.29 is 28.6 Å². The molecule has 0 amide bonds. The summed E-state index contributed by atoms with van der Waals surface area (Å²) in [5, 5.41) is 0. The summed E-state index contributed by atoms with van der Waals surface area (Å²) in [4.78, 5) is 37.8. The molecule has 378 valence electrons. The number of esters is 3. The Morgan fingerprint density at radius 3 is 0.985 bits per heavy atom. The molecule has 0 aliphatic carbocycles. The van der Waals surface area contributed by atoms with Crippen LogP contribution in [0.3, 0.4) is 0 Å². The normalized spacial score (nSPS) is 12.7. The number of unbranched alkanes of at least 4 members (excludes halogenated alkanes) is 24. The average molecular weight is 919 g/mol. The highest BCUT2D eigenvalue weighted by Gasteiger charge is 2.19. The van der Waals surface area contributed by atoms with Gasteiger partial charge in [0.05, 0.1) is 0 Å². The van der Waals surface area contributed by atoms with E-state index in [-0.39, 0.29) is 31.1 Å². The fourth-order valence-corrected chi connectivity index (χ4v) is 7.49. The number of allylic oxidation sites excluding steroid dienone is 14. The predicted molar refractivity (Wildman–Crippen MR) is 284 cm³/mol. The molecular formula is C60H102O6. The van der Waals surface area contributed by atoms with E-state index in [1.54, 1.807) is 0 Å². The van der Waals surface area contributed by atoms with Gasteiger partial charge in [-0.15, -0.1) is 0 Å². The van der Waals surface area contributed by atoms with Gasteiger partial charge in [-0.25, -0.2) is 0 Å². The van der Waals surface area contributed by atoms with Crippen LogP contribution in [0.25, 0.3) is 0 Å². The van der Waals surface area contributed by atoms with Crippen molar-refractivity contribution in [1.82, 2.24) is 0 Å². The highest BCUT2D eigenvalue weighted by molar-refractivity contribution is 5.71. The molecule has 0 rings (SSSR count). The SMILES string of the molecule is CC/C=C\C/C=C\C/C=C\C/C=C\C/C=C\C/C=C\CCCCCCCCCCCCC(=O)OCC(COC(=O)CCCCCCCCCC)OC(=O)CCCCCCC/C=C\CCCC. The van der Waals surface area contributed by atoms with Crippen LogP contribution in [-0.4, -0.2) is 37.2 Å². The molecule has 6 heteroatoms. The maximum Gasteiger partial charge on any atom is 0.306 e. The van der Waals surface area contributed by atoms with E-state index in [4.69, 9.17) is 14.2 Å². The molecule has 0 heterocycles. The van der Waals surface area contributed by atoms with Gasteiger partial charge >= 0.3 is 17.9 Å². The highest BCUT2D eigenvalue weighted by atomic mass is 16.6. The molecule has 1 unspecified atom stereocenters. The Bertz CT molecular complexity index is 1290. The van der Waals surface area contributed by atoms with Gasteiger partial charge in [0, 0.05) is 19.3 Å². The summed E-state index contributed by atoms with van der Waals surface area (Å²) in [5.41, 5.74) is 0. The number of carbonyl (C=O) groups is 3. The maximum atomic E-state index is 12.7. The Labute approximate surface area is 407 Å². The van der Waals surface area contributed by atoms with Crippen LogP contribution in [0.1, 0.15) is 258 Å². The quantitative estimate of drug-likeness (QED) is 0.0262. The molecule has 0 spiro atoms. The summed E-state index contributed by atoms with van der Waals surface area (Å²) in [7, 11) is 0. The molecule has 0 radical (unpaired) electrons. The highest BCUT2D eigenvalue weighted by Crippen LogP contribution is 2.15. The number of ether oxygens (including phenoxy) is 3. The topological polar surface area (TPSA) is 78.9 Å². The molecule has 0 aliphatic rings. The van der Waals surface area contributed by atoms with Crippen LogP contribution in [0.2, 0.25) is 0 Å².